The van der Waals surface area contributed by atoms with Crippen LogP contribution in [0.15, 0.2) is 36.5 Å². The van der Waals surface area contributed by atoms with E-state index in [2.05, 4.69) is 17.6 Å². The molecule has 2 unspecified atom stereocenters. The van der Waals surface area contributed by atoms with Gasteiger partial charge in [-0.05, 0) is 11.5 Å². The van der Waals surface area contributed by atoms with E-state index >= 15 is 0 Å². The Morgan fingerprint density at radius 1 is 1.19 bits per heavy atom. The molecule has 2 N–H and O–H groups in total. The van der Waals surface area contributed by atoms with E-state index in [1.165, 1.54) is 0 Å². The lowest BCUT2D eigenvalue weighted by atomic mass is 10.0. The van der Waals surface area contributed by atoms with Crippen molar-refractivity contribution in [2.45, 2.75) is 12.2 Å². The summed E-state index contributed by atoms with van der Waals surface area (Å²) in [5, 5.41) is 21.4. The topological polar surface area (TPSA) is 53.4 Å². The van der Waals surface area contributed by atoms with Crippen LogP contribution in [-0.2, 0) is 0 Å². The fourth-order valence-electron chi connectivity index (χ4n) is 1.66. The van der Waals surface area contributed by atoms with Gasteiger partial charge in [-0.15, -0.1) is 0 Å². The molecule has 2 aromatic rings. The van der Waals surface area contributed by atoms with Crippen molar-refractivity contribution in [1.82, 2.24) is 4.98 Å². The number of benzene rings is 1. The van der Waals surface area contributed by atoms with Crippen molar-refractivity contribution in [3.8, 4) is 0 Å². The van der Waals surface area contributed by atoms with Gasteiger partial charge < -0.3 is 10.2 Å². The molecule has 2 rings (SSSR count). The van der Waals surface area contributed by atoms with Crippen LogP contribution in [-0.4, -0.2) is 27.1 Å². The third-order valence-electron chi connectivity index (χ3n) is 2.54. The first kappa shape index (κ1) is 11.4. The molecule has 2 atom stereocenters. The Labute approximate surface area is 99.2 Å². The maximum absolute atomic E-state index is 9.93. The Kier molecular flexibility index (Phi) is 3.43. The molecule has 0 bridgehead atoms. The first-order valence-corrected chi connectivity index (χ1v) is 5.68. The smallest absolute Gasteiger partial charge is 0.123 e. The number of hydrogen-bond donors (Lipinski definition) is 3. The lowest BCUT2D eigenvalue weighted by Crippen LogP contribution is -2.20. The number of nitrogens with zero attached hydrogens (tertiary/aromatic N) is 1. The standard InChI is InChI=1S/C12H13NO2S/c14-10(7-16)12(15)11-9-4-2-1-3-8(9)5-6-13-11/h1-6,10,12,14-16H,7H2. The van der Waals surface area contributed by atoms with Crippen LogP contribution in [0.4, 0.5) is 0 Å². The number of aliphatic hydroxyl groups is 2. The summed E-state index contributed by atoms with van der Waals surface area (Å²) in [4.78, 5) is 4.13. The Hall–Kier alpha value is -1.10. The van der Waals surface area contributed by atoms with Crippen molar-refractivity contribution in [1.29, 1.82) is 0 Å². The van der Waals surface area contributed by atoms with E-state index in [4.69, 9.17) is 0 Å². The number of thiol groups is 1. The highest BCUT2D eigenvalue weighted by Crippen LogP contribution is 2.24. The highest BCUT2D eigenvalue weighted by Gasteiger charge is 2.20. The molecule has 84 valence electrons. The highest BCUT2D eigenvalue weighted by atomic mass is 32.1. The SMILES string of the molecule is OC(CS)C(O)c1nccc2ccccc12. The van der Waals surface area contributed by atoms with Crippen molar-refractivity contribution in [2.75, 3.05) is 5.75 Å². The van der Waals surface area contributed by atoms with E-state index in [1.54, 1.807) is 6.20 Å². The predicted octanol–water partition coefficient (Wildman–Crippen LogP) is 1.56. The number of aromatic nitrogens is 1. The van der Waals surface area contributed by atoms with Crippen LogP contribution in [0.1, 0.15) is 11.8 Å². The Balaban J connectivity index is 2.52. The van der Waals surface area contributed by atoms with E-state index in [9.17, 15) is 10.2 Å². The molecule has 1 heterocycles. The van der Waals surface area contributed by atoms with Gasteiger partial charge in [-0.2, -0.15) is 12.6 Å². The molecule has 1 aromatic heterocycles. The van der Waals surface area contributed by atoms with Crippen molar-refractivity contribution >= 4 is 23.4 Å². The van der Waals surface area contributed by atoms with E-state index in [0.29, 0.717) is 5.69 Å². The quantitative estimate of drug-likeness (QED) is 0.708. The zero-order valence-corrected chi connectivity index (χ0v) is 9.51. The minimum absolute atomic E-state index is 0.200. The van der Waals surface area contributed by atoms with Gasteiger partial charge in [-0.1, -0.05) is 24.3 Å². The maximum Gasteiger partial charge on any atom is 0.123 e. The molecular formula is C12H13NO2S. The lowest BCUT2D eigenvalue weighted by Gasteiger charge is -2.16. The number of aliphatic hydroxyl groups excluding tert-OH is 2. The summed E-state index contributed by atoms with van der Waals surface area (Å²) < 4.78 is 0. The average molecular weight is 235 g/mol. The highest BCUT2D eigenvalue weighted by molar-refractivity contribution is 7.80. The molecule has 1 aromatic carbocycles. The molecule has 0 aliphatic heterocycles. The fourth-order valence-corrected chi connectivity index (χ4v) is 1.86. The third kappa shape index (κ3) is 2.04. The van der Waals surface area contributed by atoms with Crippen molar-refractivity contribution < 1.29 is 10.2 Å². The second-order valence-corrected chi connectivity index (χ2v) is 3.98. The lowest BCUT2D eigenvalue weighted by molar-refractivity contribution is 0.0320. The molecule has 3 nitrogen and oxygen atoms in total. The van der Waals surface area contributed by atoms with Gasteiger partial charge in [0.25, 0.3) is 0 Å². The fraction of sp³-hybridized carbons (Fsp3) is 0.250. The molecule has 0 aliphatic carbocycles. The van der Waals surface area contributed by atoms with Crippen LogP contribution in [0.3, 0.4) is 0 Å². The van der Waals surface area contributed by atoms with Crippen LogP contribution in [0.25, 0.3) is 10.8 Å². The van der Waals surface area contributed by atoms with Crippen LogP contribution in [0.5, 0.6) is 0 Å². The number of fused-ring (bicyclic) bond motifs is 1. The van der Waals surface area contributed by atoms with Crippen LogP contribution < -0.4 is 0 Å². The third-order valence-corrected chi connectivity index (χ3v) is 2.91. The van der Waals surface area contributed by atoms with E-state index in [1.807, 2.05) is 30.3 Å². The van der Waals surface area contributed by atoms with Gasteiger partial charge in [-0.3, -0.25) is 4.98 Å². The average Bonchev–Trinajstić information content (AvgIpc) is 2.36. The summed E-state index contributed by atoms with van der Waals surface area (Å²) in [6.45, 7) is 0. The molecule has 0 spiro atoms. The van der Waals surface area contributed by atoms with Gasteiger partial charge >= 0.3 is 0 Å². The molecule has 4 heteroatoms. The van der Waals surface area contributed by atoms with Gasteiger partial charge in [-0.25, -0.2) is 0 Å². The monoisotopic (exact) mass is 235 g/mol. The molecule has 0 saturated heterocycles. The molecule has 0 aliphatic rings. The van der Waals surface area contributed by atoms with Gasteiger partial charge in [0, 0.05) is 17.3 Å². The first-order valence-electron chi connectivity index (χ1n) is 5.04. The van der Waals surface area contributed by atoms with Crippen LogP contribution in [0.2, 0.25) is 0 Å². The maximum atomic E-state index is 9.93. The summed E-state index contributed by atoms with van der Waals surface area (Å²) >= 11 is 3.96. The Morgan fingerprint density at radius 3 is 2.69 bits per heavy atom. The van der Waals surface area contributed by atoms with Gasteiger partial charge in [0.05, 0.1) is 11.8 Å². The second-order valence-electron chi connectivity index (χ2n) is 3.61. The summed E-state index contributed by atoms with van der Waals surface area (Å²) in [7, 11) is 0. The van der Waals surface area contributed by atoms with E-state index < -0.39 is 12.2 Å². The normalized spacial score (nSPS) is 14.9. The van der Waals surface area contributed by atoms with Gasteiger partial charge in [0.2, 0.25) is 0 Å². The van der Waals surface area contributed by atoms with Gasteiger partial charge in [0.1, 0.15) is 6.10 Å². The number of hydrogen-bond acceptors (Lipinski definition) is 4. The molecular weight excluding hydrogens is 222 g/mol. The van der Waals surface area contributed by atoms with Gasteiger partial charge in [0.15, 0.2) is 0 Å². The Morgan fingerprint density at radius 2 is 1.94 bits per heavy atom. The van der Waals surface area contributed by atoms with E-state index in [-0.39, 0.29) is 5.75 Å². The zero-order valence-electron chi connectivity index (χ0n) is 8.61. The second kappa shape index (κ2) is 4.82. The molecule has 0 fully saturated rings. The van der Waals surface area contributed by atoms with Crippen molar-refractivity contribution in [3.63, 3.8) is 0 Å². The summed E-state index contributed by atoms with van der Waals surface area (Å²) in [5.41, 5.74) is 0.500. The van der Waals surface area contributed by atoms with E-state index in [0.717, 1.165) is 10.8 Å². The molecule has 0 saturated carbocycles. The molecule has 0 amide bonds. The summed E-state index contributed by atoms with van der Waals surface area (Å²) in [6, 6.07) is 9.51. The molecule has 0 radical (unpaired) electrons. The van der Waals surface area contributed by atoms with Crippen molar-refractivity contribution in [2.24, 2.45) is 0 Å². The van der Waals surface area contributed by atoms with Crippen molar-refractivity contribution in [3.05, 3.63) is 42.2 Å². The van der Waals surface area contributed by atoms with Crippen LogP contribution in [0, 0.1) is 0 Å². The summed E-state index contributed by atoms with van der Waals surface area (Å²) in [6.07, 6.45) is -0.267. The summed E-state index contributed by atoms with van der Waals surface area (Å²) in [5.74, 6) is 0.200. The zero-order chi connectivity index (χ0) is 11.5. The minimum atomic E-state index is -0.997. The van der Waals surface area contributed by atoms with Crippen LogP contribution >= 0.6 is 12.6 Å². The predicted molar refractivity (Wildman–Crippen MR) is 66.6 cm³/mol. The first-order chi connectivity index (χ1) is 7.74. The Bertz CT molecular complexity index is 484. The number of rotatable bonds is 3. The number of pyridine rings is 1. The minimum Gasteiger partial charge on any atom is -0.389 e. The molecule has 16 heavy (non-hydrogen) atoms. The largest absolute Gasteiger partial charge is 0.389 e.